The van der Waals surface area contributed by atoms with E-state index in [0.717, 1.165) is 6.07 Å². The minimum atomic E-state index is -1.55. The molecule has 7 atom stereocenters. The monoisotopic (exact) mass is 436 g/mol. The normalized spacial score (nSPS) is 32.8. The van der Waals surface area contributed by atoms with Crippen LogP contribution in [0.2, 0.25) is 0 Å². The summed E-state index contributed by atoms with van der Waals surface area (Å²) in [4.78, 5) is 0. The van der Waals surface area contributed by atoms with E-state index in [2.05, 4.69) is 0 Å². The molecular formula is C21H24O10. The van der Waals surface area contributed by atoms with Crippen LogP contribution in [0.5, 0.6) is 28.7 Å². The molecule has 2 heterocycles. The molecule has 0 aliphatic carbocycles. The lowest BCUT2D eigenvalue weighted by molar-refractivity contribution is -0.310. The standard InChI is InChI=1S/C21H24O10/c1-8-17(26)18(27)19(28)21(29-8)31-16-7-11-13(24)5-10(22)6-15(11)30-20(16)9-2-3-12(23)14(25)4-9/h2-6,8,16-28H,7H2,1H3/t8-,16+,17-,18+,19+,20+,21-/m1/s1. The third-order valence-corrected chi connectivity index (χ3v) is 5.61. The van der Waals surface area contributed by atoms with Crippen LogP contribution in [0.25, 0.3) is 0 Å². The van der Waals surface area contributed by atoms with Crippen LogP contribution in [0.1, 0.15) is 24.2 Å². The number of ether oxygens (including phenoxy) is 3. The van der Waals surface area contributed by atoms with E-state index in [1.807, 2.05) is 0 Å². The fraction of sp³-hybridized carbons (Fsp3) is 0.429. The van der Waals surface area contributed by atoms with E-state index in [9.17, 15) is 35.7 Å². The number of phenols is 4. The summed E-state index contributed by atoms with van der Waals surface area (Å²) in [6.07, 6.45) is -8.15. The molecule has 0 aromatic heterocycles. The molecule has 0 spiro atoms. The van der Waals surface area contributed by atoms with E-state index in [0.29, 0.717) is 11.1 Å². The highest BCUT2D eigenvalue weighted by atomic mass is 16.7. The molecule has 7 N–H and O–H groups in total. The van der Waals surface area contributed by atoms with Crippen molar-refractivity contribution in [1.29, 1.82) is 0 Å². The van der Waals surface area contributed by atoms with Crippen molar-refractivity contribution in [2.45, 2.75) is 56.3 Å². The number of hydrogen-bond donors (Lipinski definition) is 7. The highest BCUT2D eigenvalue weighted by Gasteiger charge is 2.45. The summed E-state index contributed by atoms with van der Waals surface area (Å²) in [6.45, 7) is 1.52. The van der Waals surface area contributed by atoms with Crippen LogP contribution in [0.4, 0.5) is 0 Å². The van der Waals surface area contributed by atoms with Gasteiger partial charge in [0.05, 0.1) is 6.10 Å². The highest BCUT2D eigenvalue weighted by Crippen LogP contribution is 2.44. The van der Waals surface area contributed by atoms with Crippen molar-refractivity contribution >= 4 is 0 Å². The van der Waals surface area contributed by atoms with Gasteiger partial charge in [0.15, 0.2) is 23.9 Å². The zero-order valence-corrected chi connectivity index (χ0v) is 16.5. The number of fused-ring (bicyclic) bond motifs is 1. The van der Waals surface area contributed by atoms with Crippen molar-refractivity contribution in [2.75, 3.05) is 0 Å². The molecule has 168 valence electrons. The maximum absolute atomic E-state index is 10.3. The van der Waals surface area contributed by atoms with Crippen molar-refractivity contribution in [3.05, 3.63) is 41.5 Å². The highest BCUT2D eigenvalue weighted by molar-refractivity contribution is 5.52. The molecule has 2 aliphatic heterocycles. The minimum absolute atomic E-state index is 0.0767. The predicted octanol–water partition coefficient (Wildman–Crippen LogP) is 0.398. The fourth-order valence-corrected chi connectivity index (χ4v) is 3.87. The van der Waals surface area contributed by atoms with Gasteiger partial charge in [-0.25, -0.2) is 0 Å². The Kier molecular flexibility index (Phi) is 5.58. The van der Waals surface area contributed by atoms with Crippen molar-refractivity contribution < 1.29 is 50.0 Å². The third kappa shape index (κ3) is 3.95. The number of aliphatic hydroxyl groups is 3. The summed E-state index contributed by atoms with van der Waals surface area (Å²) in [5.41, 5.74) is 0.758. The fourth-order valence-electron chi connectivity index (χ4n) is 3.87. The molecule has 10 heteroatoms. The van der Waals surface area contributed by atoms with Crippen LogP contribution in [0.15, 0.2) is 30.3 Å². The van der Waals surface area contributed by atoms with E-state index in [4.69, 9.17) is 14.2 Å². The van der Waals surface area contributed by atoms with E-state index in [-0.39, 0.29) is 35.2 Å². The Morgan fingerprint density at radius 1 is 0.871 bits per heavy atom. The zero-order valence-electron chi connectivity index (χ0n) is 16.5. The Bertz CT molecular complexity index is 963. The van der Waals surface area contributed by atoms with E-state index in [1.54, 1.807) is 0 Å². The van der Waals surface area contributed by atoms with Crippen molar-refractivity contribution in [3.8, 4) is 28.7 Å². The van der Waals surface area contributed by atoms with E-state index in [1.165, 1.54) is 31.2 Å². The molecule has 0 saturated carbocycles. The Labute approximate surface area is 177 Å². The summed E-state index contributed by atoms with van der Waals surface area (Å²) >= 11 is 0. The molecule has 2 aromatic rings. The quantitative estimate of drug-likeness (QED) is 0.334. The maximum atomic E-state index is 10.3. The van der Waals surface area contributed by atoms with Crippen LogP contribution in [0, 0.1) is 0 Å². The van der Waals surface area contributed by atoms with Gasteiger partial charge >= 0.3 is 0 Å². The first-order valence-electron chi connectivity index (χ1n) is 9.74. The molecule has 0 radical (unpaired) electrons. The number of phenolic OH excluding ortho intramolecular Hbond substituents is 4. The van der Waals surface area contributed by atoms with Gasteiger partial charge in [-0.1, -0.05) is 6.07 Å². The molecule has 2 aromatic carbocycles. The maximum Gasteiger partial charge on any atom is 0.187 e. The molecule has 0 unspecified atom stereocenters. The van der Waals surface area contributed by atoms with Crippen LogP contribution in [-0.2, 0) is 15.9 Å². The lowest BCUT2D eigenvalue weighted by atomic mass is 9.93. The molecular weight excluding hydrogens is 412 g/mol. The van der Waals surface area contributed by atoms with Crippen LogP contribution < -0.4 is 4.74 Å². The number of aromatic hydroxyl groups is 4. The van der Waals surface area contributed by atoms with Crippen LogP contribution in [0.3, 0.4) is 0 Å². The molecule has 2 aliphatic rings. The molecule has 0 bridgehead atoms. The Morgan fingerprint density at radius 3 is 2.32 bits per heavy atom. The van der Waals surface area contributed by atoms with Gasteiger partial charge in [0.1, 0.15) is 41.7 Å². The third-order valence-electron chi connectivity index (χ3n) is 5.61. The Morgan fingerprint density at radius 2 is 1.61 bits per heavy atom. The molecule has 4 rings (SSSR count). The lowest BCUT2D eigenvalue weighted by Crippen LogP contribution is -2.58. The van der Waals surface area contributed by atoms with Gasteiger partial charge in [0.25, 0.3) is 0 Å². The van der Waals surface area contributed by atoms with Crippen molar-refractivity contribution in [1.82, 2.24) is 0 Å². The van der Waals surface area contributed by atoms with Crippen LogP contribution in [-0.4, -0.2) is 72.6 Å². The minimum Gasteiger partial charge on any atom is -0.508 e. The van der Waals surface area contributed by atoms with E-state index >= 15 is 0 Å². The second-order valence-electron chi connectivity index (χ2n) is 7.79. The summed E-state index contributed by atoms with van der Waals surface area (Å²) in [6, 6.07) is 6.54. The topological polar surface area (TPSA) is 169 Å². The van der Waals surface area contributed by atoms with Gasteiger partial charge in [-0.3, -0.25) is 0 Å². The zero-order chi connectivity index (χ0) is 22.4. The number of aliphatic hydroxyl groups excluding tert-OH is 3. The molecule has 1 saturated heterocycles. The van der Waals surface area contributed by atoms with Gasteiger partial charge in [0.2, 0.25) is 0 Å². The van der Waals surface area contributed by atoms with Gasteiger partial charge in [-0.2, -0.15) is 0 Å². The van der Waals surface area contributed by atoms with Crippen molar-refractivity contribution in [3.63, 3.8) is 0 Å². The smallest absolute Gasteiger partial charge is 0.187 e. The van der Waals surface area contributed by atoms with E-state index < -0.39 is 42.9 Å². The Balaban J connectivity index is 1.69. The summed E-state index contributed by atoms with van der Waals surface area (Å²) in [5, 5.41) is 69.9. The first kappa shape index (κ1) is 21.5. The lowest BCUT2D eigenvalue weighted by Gasteiger charge is -2.42. The average molecular weight is 436 g/mol. The Hall–Kier alpha value is -2.76. The molecule has 0 amide bonds. The number of rotatable bonds is 3. The van der Waals surface area contributed by atoms with Gasteiger partial charge in [-0.15, -0.1) is 0 Å². The molecule has 31 heavy (non-hydrogen) atoms. The van der Waals surface area contributed by atoms with Gasteiger partial charge in [0, 0.05) is 24.1 Å². The van der Waals surface area contributed by atoms with Gasteiger partial charge in [-0.05, 0) is 24.6 Å². The average Bonchev–Trinajstić information content (AvgIpc) is 2.72. The molecule has 1 fully saturated rings. The predicted molar refractivity (Wildman–Crippen MR) is 104 cm³/mol. The number of hydrogen-bond acceptors (Lipinski definition) is 10. The molecule has 10 nitrogen and oxygen atoms in total. The summed E-state index contributed by atoms with van der Waals surface area (Å²) in [5.74, 6) is -0.941. The van der Waals surface area contributed by atoms with Crippen LogP contribution >= 0.6 is 0 Å². The second-order valence-corrected chi connectivity index (χ2v) is 7.79. The first-order valence-corrected chi connectivity index (χ1v) is 9.74. The van der Waals surface area contributed by atoms with Gasteiger partial charge < -0.3 is 50.0 Å². The number of benzene rings is 2. The summed E-state index contributed by atoms with van der Waals surface area (Å²) in [7, 11) is 0. The first-order chi connectivity index (χ1) is 14.7. The second kappa shape index (κ2) is 8.06. The summed E-state index contributed by atoms with van der Waals surface area (Å²) < 4.78 is 17.4. The largest absolute Gasteiger partial charge is 0.508 e. The SMILES string of the molecule is C[C@H]1O[C@H](O[C@H]2Cc3c(O)cc(O)cc3O[C@H]2c2ccc(O)c(O)c2)[C@@H](O)[C@@H](O)[C@@H]1O. The van der Waals surface area contributed by atoms with Crippen molar-refractivity contribution in [2.24, 2.45) is 0 Å².